The van der Waals surface area contributed by atoms with Crippen LogP contribution in [0.15, 0.2) is 35.9 Å². The van der Waals surface area contributed by atoms with Crippen LogP contribution in [0.3, 0.4) is 0 Å². The number of aliphatic hydroxyl groups excluding tert-OH is 1. The van der Waals surface area contributed by atoms with Gasteiger partial charge in [-0.25, -0.2) is 0 Å². The van der Waals surface area contributed by atoms with Gasteiger partial charge in [-0.3, -0.25) is 0 Å². The predicted octanol–water partition coefficient (Wildman–Crippen LogP) is 6.28. The standard InChI is InChI=1S/C30H38O5/c1-18(2)7-10-22-23(31)14-20(16-25(22)34-6)9-8-19-13-21-17-26-29(3,4)27(33)11-12-30(26,5)35-28(21)24(32)15-19/h7-9,13-16,26-27,31-33H,10-12,17H2,1-6H3/t26-,27-,30-/m1/s1. The summed E-state index contributed by atoms with van der Waals surface area (Å²) in [6.07, 6.45) is 8.30. The van der Waals surface area contributed by atoms with Gasteiger partial charge in [-0.2, -0.15) is 0 Å². The van der Waals surface area contributed by atoms with Crippen molar-refractivity contribution >= 4 is 12.2 Å². The number of aliphatic hydroxyl groups is 1. The summed E-state index contributed by atoms with van der Waals surface area (Å²) >= 11 is 0. The number of ether oxygens (including phenoxy) is 2. The molecule has 0 amide bonds. The molecule has 0 aromatic heterocycles. The Morgan fingerprint density at radius 1 is 1.06 bits per heavy atom. The lowest BCUT2D eigenvalue weighted by Gasteiger charge is -2.55. The second-order valence-corrected chi connectivity index (χ2v) is 11.1. The summed E-state index contributed by atoms with van der Waals surface area (Å²) in [5.74, 6) is 1.65. The summed E-state index contributed by atoms with van der Waals surface area (Å²) in [7, 11) is 1.60. The summed E-state index contributed by atoms with van der Waals surface area (Å²) in [6, 6.07) is 7.39. The molecule has 1 saturated carbocycles. The van der Waals surface area contributed by atoms with Gasteiger partial charge in [-0.05, 0) is 92.8 Å². The molecule has 0 spiro atoms. The first-order valence-corrected chi connectivity index (χ1v) is 12.4. The van der Waals surface area contributed by atoms with Gasteiger partial charge < -0.3 is 24.8 Å². The van der Waals surface area contributed by atoms with E-state index < -0.39 is 5.60 Å². The normalized spacial score (nSPS) is 24.9. The second-order valence-electron chi connectivity index (χ2n) is 11.1. The molecule has 5 nitrogen and oxygen atoms in total. The van der Waals surface area contributed by atoms with Crippen molar-refractivity contribution in [2.24, 2.45) is 11.3 Å². The first kappa shape index (κ1) is 25.2. The van der Waals surface area contributed by atoms with Crippen LogP contribution in [-0.4, -0.2) is 34.1 Å². The third-order valence-electron chi connectivity index (χ3n) is 7.95. The fourth-order valence-electron chi connectivity index (χ4n) is 5.74. The average molecular weight is 479 g/mol. The van der Waals surface area contributed by atoms with Crippen molar-refractivity contribution in [2.75, 3.05) is 7.11 Å². The van der Waals surface area contributed by atoms with Gasteiger partial charge in [0.2, 0.25) is 0 Å². The van der Waals surface area contributed by atoms with Crippen molar-refractivity contribution in [2.45, 2.75) is 72.0 Å². The number of aromatic hydroxyl groups is 2. The SMILES string of the molecule is COc1cc(C=Cc2cc(O)c3c(c2)C[C@@H]2C(C)(C)[C@H](O)CC[C@@]2(C)O3)cc(O)c1CC=C(C)C. The fourth-order valence-corrected chi connectivity index (χ4v) is 5.74. The molecule has 1 heterocycles. The minimum Gasteiger partial charge on any atom is -0.507 e. The first-order chi connectivity index (χ1) is 16.4. The van der Waals surface area contributed by atoms with Gasteiger partial charge >= 0.3 is 0 Å². The van der Waals surface area contributed by atoms with E-state index in [0.29, 0.717) is 24.3 Å². The van der Waals surface area contributed by atoms with E-state index in [9.17, 15) is 15.3 Å². The maximum atomic E-state index is 10.8. The molecule has 1 aliphatic carbocycles. The van der Waals surface area contributed by atoms with E-state index in [0.717, 1.165) is 35.1 Å². The number of fused-ring (bicyclic) bond motifs is 2. The van der Waals surface area contributed by atoms with Crippen molar-refractivity contribution in [1.29, 1.82) is 0 Å². The molecule has 5 heteroatoms. The Morgan fingerprint density at radius 2 is 1.71 bits per heavy atom. The second kappa shape index (κ2) is 9.27. The molecule has 2 aliphatic rings. The molecule has 2 aromatic carbocycles. The molecule has 3 N–H and O–H groups in total. The molecule has 1 fully saturated rings. The predicted molar refractivity (Wildman–Crippen MR) is 140 cm³/mol. The summed E-state index contributed by atoms with van der Waals surface area (Å²) in [4.78, 5) is 0. The summed E-state index contributed by atoms with van der Waals surface area (Å²) in [5, 5.41) is 32.1. The van der Waals surface area contributed by atoms with Crippen LogP contribution in [0, 0.1) is 11.3 Å². The Labute approximate surface area is 208 Å². The van der Waals surface area contributed by atoms with E-state index in [2.05, 4.69) is 26.8 Å². The Balaban J connectivity index is 1.64. The number of phenols is 2. The lowest BCUT2D eigenvalue weighted by Crippen LogP contribution is -2.58. The van der Waals surface area contributed by atoms with Crippen LogP contribution in [0.2, 0.25) is 0 Å². The average Bonchev–Trinajstić information content (AvgIpc) is 2.79. The maximum absolute atomic E-state index is 10.8. The summed E-state index contributed by atoms with van der Waals surface area (Å²) in [5.41, 5.74) is 3.84. The number of hydrogen-bond donors (Lipinski definition) is 3. The highest BCUT2D eigenvalue weighted by Gasteiger charge is 2.54. The minimum absolute atomic E-state index is 0.128. The maximum Gasteiger partial charge on any atom is 0.164 e. The summed E-state index contributed by atoms with van der Waals surface area (Å²) < 4.78 is 11.9. The smallest absolute Gasteiger partial charge is 0.164 e. The zero-order valence-corrected chi connectivity index (χ0v) is 21.7. The van der Waals surface area contributed by atoms with Gasteiger partial charge in [0, 0.05) is 11.5 Å². The van der Waals surface area contributed by atoms with E-state index in [1.54, 1.807) is 19.2 Å². The van der Waals surface area contributed by atoms with Gasteiger partial charge in [0.1, 0.15) is 17.1 Å². The van der Waals surface area contributed by atoms with E-state index >= 15 is 0 Å². The molecule has 35 heavy (non-hydrogen) atoms. The lowest BCUT2D eigenvalue weighted by molar-refractivity contribution is -0.138. The summed E-state index contributed by atoms with van der Waals surface area (Å²) in [6.45, 7) is 10.4. The molecule has 2 aromatic rings. The number of allylic oxidation sites excluding steroid dienone is 2. The van der Waals surface area contributed by atoms with Gasteiger partial charge in [-0.1, -0.05) is 37.6 Å². The van der Waals surface area contributed by atoms with Gasteiger partial charge in [0.15, 0.2) is 11.5 Å². The Bertz CT molecular complexity index is 1170. The molecule has 3 atom stereocenters. The van der Waals surface area contributed by atoms with Crippen LogP contribution >= 0.6 is 0 Å². The third-order valence-corrected chi connectivity index (χ3v) is 7.95. The van der Waals surface area contributed by atoms with E-state index in [-0.39, 0.29) is 28.9 Å². The van der Waals surface area contributed by atoms with E-state index in [4.69, 9.17) is 9.47 Å². The Hall–Kier alpha value is -2.92. The molecule has 188 valence electrons. The van der Waals surface area contributed by atoms with Crippen LogP contribution in [0.5, 0.6) is 23.0 Å². The molecule has 0 radical (unpaired) electrons. The molecular weight excluding hydrogens is 440 g/mol. The highest BCUT2D eigenvalue weighted by molar-refractivity contribution is 5.73. The molecule has 0 bridgehead atoms. The van der Waals surface area contributed by atoms with Crippen molar-refractivity contribution < 1.29 is 24.8 Å². The zero-order chi connectivity index (χ0) is 25.5. The van der Waals surface area contributed by atoms with Gasteiger partial charge in [-0.15, -0.1) is 0 Å². The van der Waals surface area contributed by atoms with Crippen LogP contribution < -0.4 is 9.47 Å². The molecular formula is C30H38O5. The largest absolute Gasteiger partial charge is 0.507 e. The first-order valence-electron chi connectivity index (χ1n) is 12.4. The topological polar surface area (TPSA) is 79.2 Å². The molecule has 1 aliphatic heterocycles. The number of hydrogen-bond acceptors (Lipinski definition) is 5. The quantitative estimate of drug-likeness (QED) is 0.348. The van der Waals surface area contributed by atoms with E-state index in [1.807, 2.05) is 38.1 Å². The van der Waals surface area contributed by atoms with Crippen LogP contribution in [-0.2, 0) is 12.8 Å². The van der Waals surface area contributed by atoms with E-state index in [1.165, 1.54) is 5.57 Å². The Morgan fingerprint density at radius 3 is 2.37 bits per heavy atom. The van der Waals surface area contributed by atoms with Crippen LogP contribution in [0.25, 0.3) is 12.2 Å². The van der Waals surface area contributed by atoms with Gasteiger partial charge in [0.05, 0.1) is 13.2 Å². The fraction of sp³-hybridized carbons (Fsp3) is 0.467. The van der Waals surface area contributed by atoms with Gasteiger partial charge in [0.25, 0.3) is 0 Å². The minimum atomic E-state index is -0.411. The number of phenolic OH excluding ortho intramolecular Hbond substituents is 2. The third kappa shape index (κ3) is 4.79. The highest BCUT2D eigenvalue weighted by atomic mass is 16.5. The molecule has 0 saturated heterocycles. The van der Waals surface area contributed by atoms with Crippen LogP contribution in [0.1, 0.15) is 69.7 Å². The van der Waals surface area contributed by atoms with Crippen molar-refractivity contribution in [3.8, 4) is 23.0 Å². The number of benzene rings is 2. The zero-order valence-electron chi connectivity index (χ0n) is 21.7. The van der Waals surface area contributed by atoms with Crippen molar-refractivity contribution in [1.82, 2.24) is 0 Å². The lowest BCUT2D eigenvalue weighted by atomic mass is 9.57. The molecule has 0 unspecified atom stereocenters. The Kier molecular flexibility index (Phi) is 6.67. The number of methoxy groups -OCH3 is 1. The highest BCUT2D eigenvalue weighted by Crippen LogP contribution is 2.54. The molecule has 4 rings (SSSR count). The monoisotopic (exact) mass is 478 g/mol. The van der Waals surface area contributed by atoms with Crippen molar-refractivity contribution in [3.05, 3.63) is 58.2 Å². The van der Waals surface area contributed by atoms with Crippen molar-refractivity contribution in [3.63, 3.8) is 0 Å². The van der Waals surface area contributed by atoms with Crippen LogP contribution in [0.4, 0.5) is 0 Å². The number of rotatable bonds is 5.